The second-order valence-corrected chi connectivity index (χ2v) is 7.42. The average molecular weight is 291 g/mol. The summed E-state index contributed by atoms with van der Waals surface area (Å²) in [6, 6.07) is 2.08. The minimum atomic E-state index is -3.75. The molecule has 0 aliphatic rings. The van der Waals surface area contributed by atoms with Crippen molar-refractivity contribution in [3.8, 4) is 0 Å². The number of rotatable bonds is 6. The molecule has 0 saturated carbocycles. The Balaban J connectivity index is 2.96. The van der Waals surface area contributed by atoms with Gasteiger partial charge in [0.05, 0.1) is 0 Å². The van der Waals surface area contributed by atoms with Gasteiger partial charge in [0.2, 0.25) is 0 Å². The van der Waals surface area contributed by atoms with Gasteiger partial charge in [0.15, 0.2) is 0 Å². The predicted molar refractivity (Wildman–Crippen MR) is 70.3 cm³/mol. The predicted octanol–water partition coefficient (Wildman–Crippen LogP) is 1.83. The van der Waals surface area contributed by atoms with Gasteiger partial charge in [-0.25, -0.2) is 8.42 Å². The van der Waals surface area contributed by atoms with Crippen LogP contribution in [0.1, 0.15) is 25.1 Å². The second-order valence-electron chi connectivity index (χ2n) is 4.19. The first kappa shape index (κ1) is 15.1. The molecule has 0 radical (unpaired) electrons. The number of hydrogen-bond donors (Lipinski definition) is 2. The van der Waals surface area contributed by atoms with Crippen molar-refractivity contribution in [1.82, 2.24) is 4.72 Å². The second kappa shape index (κ2) is 5.81. The van der Waals surface area contributed by atoms with E-state index in [1.54, 1.807) is 19.9 Å². The maximum Gasteiger partial charge on any atom is 0.322 e. The lowest BCUT2D eigenvalue weighted by molar-refractivity contribution is -0.140. The first-order chi connectivity index (χ1) is 8.27. The van der Waals surface area contributed by atoms with E-state index in [1.807, 2.05) is 6.92 Å². The number of carboxylic acid groups (broad SMARTS) is 1. The number of carbonyl (C=O) groups is 1. The lowest BCUT2D eigenvalue weighted by atomic mass is 10.0. The Morgan fingerprint density at radius 3 is 2.50 bits per heavy atom. The summed E-state index contributed by atoms with van der Waals surface area (Å²) in [7, 11) is -3.75. The SMILES string of the molecule is CCC(C)[C@H](NS(=O)(=O)c1ccc(C)s1)C(=O)O. The van der Waals surface area contributed by atoms with Gasteiger partial charge in [-0.1, -0.05) is 20.3 Å². The molecule has 0 aliphatic carbocycles. The van der Waals surface area contributed by atoms with Gasteiger partial charge in [0.25, 0.3) is 10.0 Å². The zero-order chi connectivity index (χ0) is 13.9. The molecule has 1 aromatic heterocycles. The molecule has 0 fully saturated rings. The Labute approximate surface area is 111 Å². The van der Waals surface area contributed by atoms with Gasteiger partial charge in [0.1, 0.15) is 10.3 Å². The third-order valence-corrected chi connectivity index (χ3v) is 5.68. The van der Waals surface area contributed by atoms with Crippen LogP contribution in [0.2, 0.25) is 0 Å². The Bertz CT molecular complexity index is 521. The molecule has 0 aliphatic heterocycles. The Kier molecular flexibility index (Phi) is 4.89. The first-order valence-electron chi connectivity index (χ1n) is 5.59. The highest BCUT2D eigenvalue weighted by Gasteiger charge is 2.29. The molecule has 0 spiro atoms. The highest BCUT2D eigenvalue weighted by molar-refractivity contribution is 7.91. The van der Waals surface area contributed by atoms with Crippen molar-refractivity contribution in [2.75, 3.05) is 0 Å². The van der Waals surface area contributed by atoms with E-state index < -0.39 is 22.0 Å². The zero-order valence-corrected chi connectivity index (χ0v) is 12.1. The molecule has 0 aromatic carbocycles. The molecule has 5 nitrogen and oxygen atoms in total. The van der Waals surface area contributed by atoms with E-state index in [0.717, 1.165) is 16.2 Å². The van der Waals surface area contributed by atoms with Crippen molar-refractivity contribution in [2.24, 2.45) is 5.92 Å². The monoisotopic (exact) mass is 291 g/mol. The van der Waals surface area contributed by atoms with Crippen LogP contribution in [0.15, 0.2) is 16.3 Å². The van der Waals surface area contributed by atoms with E-state index in [4.69, 9.17) is 5.11 Å². The number of aryl methyl sites for hydroxylation is 1. The highest BCUT2D eigenvalue weighted by atomic mass is 32.2. The van der Waals surface area contributed by atoms with Crippen molar-refractivity contribution < 1.29 is 18.3 Å². The molecule has 7 heteroatoms. The third-order valence-electron chi connectivity index (χ3n) is 2.74. The van der Waals surface area contributed by atoms with Crippen molar-refractivity contribution in [3.63, 3.8) is 0 Å². The summed E-state index contributed by atoms with van der Waals surface area (Å²) >= 11 is 1.12. The molecule has 2 N–H and O–H groups in total. The van der Waals surface area contributed by atoms with Crippen LogP contribution in [0.4, 0.5) is 0 Å². The van der Waals surface area contributed by atoms with Gasteiger partial charge >= 0.3 is 5.97 Å². The van der Waals surface area contributed by atoms with Crippen molar-refractivity contribution in [2.45, 2.75) is 37.4 Å². The Hall–Kier alpha value is -0.920. The molecule has 2 atom stereocenters. The molecule has 1 heterocycles. The maximum absolute atomic E-state index is 12.0. The van der Waals surface area contributed by atoms with E-state index in [2.05, 4.69) is 4.72 Å². The summed E-state index contributed by atoms with van der Waals surface area (Å²) in [5, 5.41) is 9.07. The van der Waals surface area contributed by atoms with Crippen LogP contribution in [0.5, 0.6) is 0 Å². The molecule has 0 saturated heterocycles. The fraction of sp³-hybridized carbons (Fsp3) is 0.545. The molecule has 1 unspecified atom stereocenters. The van der Waals surface area contributed by atoms with Gasteiger partial charge < -0.3 is 5.11 Å². The molecule has 102 valence electrons. The van der Waals surface area contributed by atoms with Crippen LogP contribution in [-0.2, 0) is 14.8 Å². The summed E-state index contributed by atoms with van der Waals surface area (Å²) in [5.41, 5.74) is 0. The van der Waals surface area contributed by atoms with Gasteiger partial charge in [0, 0.05) is 4.88 Å². The minimum absolute atomic E-state index is 0.148. The van der Waals surface area contributed by atoms with E-state index in [9.17, 15) is 13.2 Å². The van der Waals surface area contributed by atoms with Gasteiger partial charge in [-0.05, 0) is 25.0 Å². The number of hydrogen-bond acceptors (Lipinski definition) is 4. The molecule has 0 bridgehead atoms. The normalized spacial score (nSPS) is 15.3. The van der Waals surface area contributed by atoms with Crippen molar-refractivity contribution in [1.29, 1.82) is 0 Å². The van der Waals surface area contributed by atoms with Crippen LogP contribution in [0.25, 0.3) is 0 Å². The molecule has 1 rings (SSSR count). The smallest absolute Gasteiger partial charge is 0.322 e. The zero-order valence-electron chi connectivity index (χ0n) is 10.5. The van der Waals surface area contributed by atoms with Gasteiger partial charge in [-0.3, -0.25) is 4.79 Å². The number of aliphatic carboxylic acids is 1. The van der Waals surface area contributed by atoms with Crippen LogP contribution in [0, 0.1) is 12.8 Å². The average Bonchev–Trinajstić information content (AvgIpc) is 2.72. The van der Waals surface area contributed by atoms with Crippen LogP contribution >= 0.6 is 11.3 Å². The third kappa shape index (κ3) is 3.54. The molecular formula is C11H17NO4S2. The van der Waals surface area contributed by atoms with E-state index in [-0.39, 0.29) is 10.1 Å². The van der Waals surface area contributed by atoms with Crippen LogP contribution in [-0.4, -0.2) is 25.5 Å². The first-order valence-corrected chi connectivity index (χ1v) is 7.89. The quantitative estimate of drug-likeness (QED) is 0.837. The largest absolute Gasteiger partial charge is 0.480 e. The topological polar surface area (TPSA) is 83.5 Å². The Morgan fingerprint density at radius 1 is 1.50 bits per heavy atom. The lowest BCUT2D eigenvalue weighted by Gasteiger charge is -2.19. The van der Waals surface area contributed by atoms with Crippen LogP contribution < -0.4 is 4.72 Å². The standard InChI is InChI=1S/C11H17NO4S2/c1-4-7(2)10(11(13)14)12-18(15,16)9-6-5-8(3)17-9/h5-7,10,12H,4H2,1-3H3,(H,13,14)/t7?,10-/m0/s1. The molecular weight excluding hydrogens is 274 g/mol. The maximum atomic E-state index is 12.0. The van der Waals surface area contributed by atoms with Crippen molar-refractivity contribution in [3.05, 3.63) is 17.0 Å². The summed E-state index contributed by atoms with van der Waals surface area (Å²) in [6.45, 7) is 5.33. The fourth-order valence-corrected chi connectivity index (χ4v) is 4.03. The number of nitrogens with one attached hydrogen (secondary N) is 1. The van der Waals surface area contributed by atoms with Crippen molar-refractivity contribution >= 4 is 27.3 Å². The number of sulfonamides is 1. The summed E-state index contributed by atoms with van der Waals surface area (Å²) in [4.78, 5) is 12.0. The summed E-state index contributed by atoms with van der Waals surface area (Å²) < 4.78 is 26.4. The fourth-order valence-electron chi connectivity index (χ4n) is 1.43. The van der Waals surface area contributed by atoms with Gasteiger partial charge in [-0.15, -0.1) is 11.3 Å². The summed E-state index contributed by atoms with van der Waals surface area (Å²) in [5.74, 6) is -1.42. The molecule has 18 heavy (non-hydrogen) atoms. The number of thiophene rings is 1. The van der Waals surface area contributed by atoms with E-state index in [0.29, 0.717) is 6.42 Å². The van der Waals surface area contributed by atoms with Crippen LogP contribution in [0.3, 0.4) is 0 Å². The lowest BCUT2D eigenvalue weighted by Crippen LogP contribution is -2.44. The molecule has 1 aromatic rings. The Morgan fingerprint density at radius 2 is 2.11 bits per heavy atom. The van der Waals surface area contributed by atoms with E-state index >= 15 is 0 Å². The minimum Gasteiger partial charge on any atom is -0.480 e. The molecule has 0 amide bonds. The van der Waals surface area contributed by atoms with E-state index in [1.165, 1.54) is 6.07 Å². The van der Waals surface area contributed by atoms with Gasteiger partial charge in [-0.2, -0.15) is 4.72 Å². The number of carboxylic acids is 1. The summed E-state index contributed by atoms with van der Waals surface area (Å²) in [6.07, 6.45) is 0.586. The highest BCUT2D eigenvalue weighted by Crippen LogP contribution is 2.21.